The van der Waals surface area contributed by atoms with E-state index >= 15 is 0 Å². The number of nitrogens with one attached hydrogen (secondary N) is 2. The van der Waals surface area contributed by atoms with Gasteiger partial charge in [-0.05, 0) is 18.8 Å². The van der Waals surface area contributed by atoms with Crippen LogP contribution in [0.15, 0.2) is 6.20 Å². The average Bonchev–Trinajstić information content (AvgIpc) is 3.26. The summed E-state index contributed by atoms with van der Waals surface area (Å²) < 4.78 is 2.02. The highest BCUT2D eigenvalue weighted by Crippen LogP contribution is 2.29. The number of hydrogen-bond donors (Lipinski definition) is 2. The van der Waals surface area contributed by atoms with E-state index in [9.17, 15) is 4.79 Å². The number of hydrogen-bond acceptors (Lipinski definition) is 3. The van der Waals surface area contributed by atoms with Gasteiger partial charge in [-0.15, -0.1) is 5.10 Å². The maximum Gasteiger partial charge on any atom is 0.231 e. The number of carbonyl (C=O) groups excluding carboxylic acids is 1. The maximum absolute atomic E-state index is 12.8. The molecule has 0 saturated carbocycles. The minimum Gasteiger partial charge on any atom is -0.342 e. The summed E-state index contributed by atoms with van der Waals surface area (Å²) in [5.41, 5.74) is 1.06. The van der Waals surface area contributed by atoms with Crippen LogP contribution in [0.4, 0.5) is 0 Å². The van der Waals surface area contributed by atoms with E-state index in [4.69, 9.17) is 0 Å². The Balaban J connectivity index is 1.37. The van der Waals surface area contributed by atoms with Crippen LogP contribution < -0.4 is 9.80 Å². The third-order valence-corrected chi connectivity index (χ3v) is 6.32. The predicted molar refractivity (Wildman–Crippen MR) is 93.0 cm³/mol. The lowest BCUT2D eigenvalue weighted by Crippen LogP contribution is -3.20. The first-order valence-electron chi connectivity index (χ1n) is 9.91. The van der Waals surface area contributed by atoms with E-state index < -0.39 is 0 Å². The Hall–Kier alpha value is -1.47. The van der Waals surface area contributed by atoms with Crippen LogP contribution in [0, 0.1) is 11.8 Å². The number of carbonyl (C=O) groups is 1. The summed E-state index contributed by atoms with van der Waals surface area (Å²) in [6, 6.07) is 0.586. The topological polar surface area (TPSA) is 59.9 Å². The lowest BCUT2D eigenvalue weighted by Gasteiger charge is -2.46. The summed E-state index contributed by atoms with van der Waals surface area (Å²) in [5, 5.41) is 8.63. The Bertz CT molecular complexity index is 608. The molecule has 0 radical (unpaired) electrons. The second-order valence-corrected chi connectivity index (χ2v) is 8.55. The Labute approximate surface area is 149 Å². The standard InChI is InChI=1S/C18H30N6O/c1-21(2)10-15-11-24(20-19-15)12-16-9-14-5-8-23(16)13-17(14)18(25)22-6-3-4-7-22/h11,14,16-17H,3-10,12-13H2,1-2H3/p+2/t14-,16-,17+/m1/s1. The average molecular weight is 348 g/mol. The fraction of sp³-hybridized carbons (Fsp3) is 0.833. The molecule has 0 aliphatic carbocycles. The molecule has 5 heterocycles. The van der Waals surface area contributed by atoms with E-state index in [-0.39, 0.29) is 5.92 Å². The smallest absolute Gasteiger partial charge is 0.231 e. The largest absolute Gasteiger partial charge is 0.342 e. The van der Waals surface area contributed by atoms with E-state index in [0.717, 1.165) is 44.8 Å². The van der Waals surface area contributed by atoms with Gasteiger partial charge in [0, 0.05) is 25.9 Å². The predicted octanol–water partition coefficient (Wildman–Crippen LogP) is -2.16. The first-order valence-corrected chi connectivity index (χ1v) is 9.91. The van der Waals surface area contributed by atoms with Crippen LogP contribution in [0.3, 0.4) is 0 Å². The number of nitrogens with zero attached hydrogens (tertiary/aromatic N) is 4. The molecule has 2 N–H and O–H groups in total. The Morgan fingerprint density at radius 2 is 2.16 bits per heavy atom. The molecule has 1 unspecified atom stereocenters. The van der Waals surface area contributed by atoms with Gasteiger partial charge in [0.2, 0.25) is 5.91 Å². The SMILES string of the molecule is C[NH+](C)Cc1cn(C[C@H]2C[C@H]3CC[NH+]2C[C@@H]3C(=O)N2CCCC2)nn1. The van der Waals surface area contributed by atoms with Gasteiger partial charge >= 0.3 is 0 Å². The van der Waals surface area contributed by atoms with Crippen LogP contribution in [0.5, 0.6) is 0 Å². The van der Waals surface area contributed by atoms with Crippen molar-refractivity contribution in [1.82, 2.24) is 19.9 Å². The van der Waals surface area contributed by atoms with Crippen molar-refractivity contribution in [3.63, 3.8) is 0 Å². The Morgan fingerprint density at radius 1 is 1.36 bits per heavy atom. The van der Waals surface area contributed by atoms with Gasteiger partial charge in [0.05, 0.1) is 45.8 Å². The number of likely N-dealkylation sites (tertiary alicyclic amines) is 1. The van der Waals surface area contributed by atoms with Crippen molar-refractivity contribution in [3.05, 3.63) is 11.9 Å². The molecule has 4 aliphatic rings. The lowest BCUT2D eigenvalue weighted by atomic mass is 9.75. The fourth-order valence-corrected chi connectivity index (χ4v) is 5.07. The summed E-state index contributed by atoms with van der Waals surface area (Å²) in [6.45, 7) is 6.05. The minimum absolute atomic E-state index is 0.266. The molecule has 2 bridgehead atoms. The molecule has 0 aromatic carbocycles. The van der Waals surface area contributed by atoms with Gasteiger partial charge in [-0.1, -0.05) is 5.21 Å². The monoisotopic (exact) mass is 348 g/mol. The molecule has 25 heavy (non-hydrogen) atoms. The molecule has 7 nitrogen and oxygen atoms in total. The number of piperidine rings is 3. The molecule has 1 aromatic heterocycles. The van der Waals surface area contributed by atoms with Gasteiger partial charge in [-0.3, -0.25) is 4.79 Å². The molecule has 7 heteroatoms. The van der Waals surface area contributed by atoms with Gasteiger partial charge in [-0.25, -0.2) is 4.68 Å². The zero-order valence-electron chi connectivity index (χ0n) is 15.6. The number of rotatable bonds is 5. The Kier molecular flexibility index (Phi) is 4.78. The molecule has 0 spiro atoms. The van der Waals surface area contributed by atoms with Gasteiger partial charge in [-0.2, -0.15) is 0 Å². The van der Waals surface area contributed by atoms with Crippen LogP contribution in [0.2, 0.25) is 0 Å². The minimum atomic E-state index is 0.266. The van der Waals surface area contributed by atoms with Crippen molar-refractivity contribution in [1.29, 1.82) is 0 Å². The number of fused-ring (bicyclic) bond motifs is 3. The molecule has 1 amide bonds. The van der Waals surface area contributed by atoms with Crippen LogP contribution in [0.25, 0.3) is 0 Å². The highest BCUT2D eigenvalue weighted by Gasteiger charge is 2.47. The second kappa shape index (κ2) is 7.03. The fourth-order valence-electron chi connectivity index (χ4n) is 5.07. The lowest BCUT2D eigenvalue weighted by molar-refractivity contribution is -0.945. The summed E-state index contributed by atoms with van der Waals surface area (Å²) >= 11 is 0. The van der Waals surface area contributed by atoms with E-state index in [2.05, 4.69) is 35.5 Å². The van der Waals surface area contributed by atoms with Crippen molar-refractivity contribution in [2.24, 2.45) is 11.8 Å². The van der Waals surface area contributed by atoms with Crippen LogP contribution in [-0.4, -0.2) is 72.1 Å². The summed E-state index contributed by atoms with van der Waals surface area (Å²) in [5.74, 6) is 1.28. The molecular weight excluding hydrogens is 316 g/mol. The highest BCUT2D eigenvalue weighted by atomic mass is 16.2. The van der Waals surface area contributed by atoms with Gasteiger partial charge < -0.3 is 14.7 Å². The summed E-state index contributed by atoms with van der Waals surface area (Å²) in [7, 11) is 4.26. The highest BCUT2D eigenvalue weighted by molar-refractivity contribution is 5.79. The van der Waals surface area contributed by atoms with Crippen LogP contribution in [-0.2, 0) is 17.9 Å². The first-order chi connectivity index (χ1) is 12.1. The zero-order chi connectivity index (χ0) is 17.4. The molecule has 4 atom stereocenters. The van der Waals surface area contributed by atoms with Crippen molar-refractivity contribution >= 4 is 5.91 Å². The van der Waals surface area contributed by atoms with E-state index in [1.54, 1.807) is 4.90 Å². The van der Waals surface area contributed by atoms with Crippen molar-refractivity contribution in [2.75, 3.05) is 40.3 Å². The number of amides is 1. The molecule has 5 rings (SSSR count). The zero-order valence-corrected chi connectivity index (χ0v) is 15.6. The van der Waals surface area contributed by atoms with Crippen molar-refractivity contribution in [3.8, 4) is 0 Å². The van der Waals surface area contributed by atoms with E-state index in [1.165, 1.54) is 30.7 Å². The quantitative estimate of drug-likeness (QED) is 0.637. The van der Waals surface area contributed by atoms with E-state index in [1.807, 2.05) is 4.68 Å². The second-order valence-electron chi connectivity index (χ2n) is 8.55. The van der Waals surface area contributed by atoms with Crippen molar-refractivity contribution in [2.45, 2.75) is 44.8 Å². The van der Waals surface area contributed by atoms with E-state index in [0.29, 0.717) is 17.9 Å². The van der Waals surface area contributed by atoms with Crippen LogP contribution >= 0.6 is 0 Å². The normalized spacial score (nSPS) is 31.9. The molecule has 1 aromatic rings. The molecule has 138 valence electrons. The molecular formula is C18H32N6O+2. The van der Waals surface area contributed by atoms with Gasteiger partial charge in [0.1, 0.15) is 18.3 Å². The summed E-state index contributed by atoms with van der Waals surface area (Å²) in [6.07, 6.45) is 6.84. The number of aromatic nitrogens is 3. The van der Waals surface area contributed by atoms with Crippen molar-refractivity contribution < 1.29 is 14.6 Å². The van der Waals surface area contributed by atoms with Crippen LogP contribution in [0.1, 0.15) is 31.4 Å². The third kappa shape index (κ3) is 3.58. The third-order valence-electron chi connectivity index (χ3n) is 6.32. The number of quaternary nitrogens is 2. The molecule has 4 aliphatic heterocycles. The van der Waals surface area contributed by atoms with Gasteiger partial charge in [0.15, 0.2) is 0 Å². The maximum atomic E-state index is 12.8. The Morgan fingerprint density at radius 3 is 2.84 bits per heavy atom. The first kappa shape index (κ1) is 17.0. The molecule has 4 saturated heterocycles. The molecule has 4 fully saturated rings. The van der Waals surface area contributed by atoms with Gasteiger partial charge in [0.25, 0.3) is 0 Å². The summed E-state index contributed by atoms with van der Waals surface area (Å²) in [4.78, 5) is 17.9.